The summed E-state index contributed by atoms with van der Waals surface area (Å²) in [6, 6.07) is 5.54. The van der Waals surface area contributed by atoms with E-state index < -0.39 is 23.8 Å². The minimum atomic E-state index is -4.76. The first-order valence-corrected chi connectivity index (χ1v) is 13.1. The molecule has 1 saturated carbocycles. The molecule has 12 nitrogen and oxygen atoms in total. The van der Waals surface area contributed by atoms with Crippen LogP contribution in [0.2, 0.25) is 5.02 Å². The molecule has 0 radical (unpaired) electrons. The number of halogens is 4. The van der Waals surface area contributed by atoms with Gasteiger partial charge in [0.05, 0.1) is 34.1 Å². The van der Waals surface area contributed by atoms with Gasteiger partial charge in [0.15, 0.2) is 17.2 Å². The lowest BCUT2D eigenvalue weighted by atomic mass is 9.87. The van der Waals surface area contributed by atoms with Gasteiger partial charge in [-0.3, -0.25) is 18.7 Å². The number of nitrogens with two attached hydrogens (primary N) is 1. The Balaban J connectivity index is 1.34. The monoisotopic (exact) mass is 600 g/mol. The zero-order chi connectivity index (χ0) is 30.2. The van der Waals surface area contributed by atoms with Crippen molar-refractivity contribution in [2.45, 2.75) is 50.6 Å². The molecule has 5 N–H and O–H groups in total. The maximum atomic E-state index is 13.7. The minimum Gasteiger partial charge on any atom is -0.351 e. The first-order valence-electron chi connectivity index (χ1n) is 12.7. The first kappa shape index (κ1) is 28.8. The number of nitrogens with zero attached hydrogens (tertiary/aromatic N) is 6. The molecule has 1 aliphatic carbocycles. The Kier molecular flexibility index (Phi) is 7.76. The Hall–Kier alpha value is -4.68. The number of benzene rings is 1. The Morgan fingerprint density at radius 3 is 2.71 bits per heavy atom. The number of nitriles is 1. The molecular weight excluding hydrogens is 577 g/mol. The molecule has 0 spiro atoms. The van der Waals surface area contributed by atoms with E-state index in [1.807, 2.05) is 0 Å². The van der Waals surface area contributed by atoms with Crippen LogP contribution in [0.1, 0.15) is 35.8 Å². The van der Waals surface area contributed by atoms with E-state index in [1.54, 1.807) is 19.1 Å². The van der Waals surface area contributed by atoms with E-state index in [2.05, 4.69) is 31.0 Å². The highest BCUT2D eigenvalue weighted by molar-refractivity contribution is 6.34. The zero-order valence-corrected chi connectivity index (χ0v) is 22.7. The van der Waals surface area contributed by atoms with Gasteiger partial charge in [-0.15, -0.1) is 0 Å². The van der Waals surface area contributed by atoms with Crippen LogP contribution >= 0.6 is 11.6 Å². The number of carbonyl (C=O) groups is 2. The lowest BCUT2D eigenvalue weighted by Gasteiger charge is -2.33. The average Bonchev–Trinajstić information content (AvgIpc) is 3.53. The summed E-state index contributed by atoms with van der Waals surface area (Å²) in [5.74, 6) is -0.668. The van der Waals surface area contributed by atoms with Crippen LogP contribution in [-0.4, -0.2) is 54.1 Å². The van der Waals surface area contributed by atoms with Crippen LogP contribution in [0, 0.1) is 11.3 Å². The molecule has 4 aromatic rings. The first-order chi connectivity index (χ1) is 19.9. The van der Waals surface area contributed by atoms with E-state index in [0.29, 0.717) is 18.5 Å². The standard InChI is InChI=1S/C26H24ClF3N10O2/c1-13(24(41)37-16-8-14(32)9-16)35-25(42)17-3-2-15(10-19(17)27)36-22-23-34-11-20(40(23)7-5-33-22)18-12-39(6-4-31)38-21(18)26(28,29)30/h2-3,5,7,10-14,16H,6,8-9,32H2,1H3,(H,33,36)(H,35,42)(H,37,41). The van der Waals surface area contributed by atoms with E-state index in [0.717, 1.165) is 10.9 Å². The van der Waals surface area contributed by atoms with Gasteiger partial charge in [0, 0.05) is 36.4 Å². The number of imidazole rings is 1. The van der Waals surface area contributed by atoms with E-state index >= 15 is 0 Å². The number of hydrogen-bond acceptors (Lipinski definition) is 8. The molecule has 5 rings (SSSR count). The van der Waals surface area contributed by atoms with Crippen molar-refractivity contribution >= 4 is 40.6 Å². The van der Waals surface area contributed by atoms with Crippen molar-refractivity contribution < 1.29 is 22.8 Å². The predicted octanol–water partition coefficient (Wildman–Crippen LogP) is 3.26. The second-order valence-corrected chi connectivity index (χ2v) is 10.2. The fraction of sp³-hybridized carbons (Fsp3) is 0.308. The summed E-state index contributed by atoms with van der Waals surface area (Å²) in [4.78, 5) is 33.6. The van der Waals surface area contributed by atoms with Gasteiger partial charge in [0.2, 0.25) is 5.91 Å². The van der Waals surface area contributed by atoms with Crippen LogP contribution in [0.3, 0.4) is 0 Å². The number of rotatable bonds is 8. The Morgan fingerprint density at radius 2 is 2.05 bits per heavy atom. The normalized spacial score (nSPS) is 17.3. The summed E-state index contributed by atoms with van der Waals surface area (Å²) < 4.78 is 43.4. The fourth-order valence-corrected chi connectivity index (χ4v) is 4.80. The van der Waals surface area contributed by atoms with Crippen LogP contribution in [0.15, 0.2) is 43.0 Å². The third-order valence-electron chi connectivity index (χ3n) is 6.71. The molecule has 1 unspecified atom stereocenters. The Labute approximate surface area is 241 Å². The Bertz CT molecular complexity index is 1700. The van der Waals surface area contributed by atoms with Crippen molar-refractivity contribution in [2.75, 3.05) is 5.32 Å². The molecular formula is C26H24ClF3N10O2. The number of carbonyl (C=O) groups excluding carboxylic acids is 2. The molecule has 1 fully saturated rings. The maximum Gasteiger partial charge on any atom is 0.435 e. The summed E-state index contributed by atoms with van der Waals surface area (Å²) in [6.07, 6.45) is 1.84. The van der Waals surface area contributed by atoms with Crippen LogP contribution in [0.4, 0.5) is 24.7 Å². The van der Waals surface area contributed by atoms with Crippen molar-refractivity contribution in [3.05, 3.63) is 59.3 Å². The largest absolute Gasteiger partial charge is 0.435 e. The van der Waals surface area contributed by atoms with E-state index in [4.69, 9.17) is 22.6 Å². The lowest BCUT2D eigenvalue weighted by Crippen LogP contribution is -2.54. The highest BCUT2D eigenvalue weighted by atomic mass is 35.5. The summed E-state index contributed by atoms with van der Waals surface area (Å²) in [6.45, 7) is 1.21. The SMILES string of the molecule is CC(NC(=O)c1ccc(Nc2nccn3c(-c4cn(CC#N)nc4C(F)(F)F)cnc23)cc1Cl)C(=O)NC1CC(N)C1. The molecule has 3 heterocycles. The Morgan fingerprint density at radius 1 is 1.29 bits per heavy atom. The second-order valence-electron chi connectivity index (χ2n) is 9.81. The number of aromatic nitrogens is 5. The van der Waals surface area contributed by atoms with Gasteiger partial charge in [0.25, 0.3) is 5.91 Å². The quantitative estimate of drug-likeness (QED) is 0.239. The summed E-state index contributed by atoms with van der Waals surface area (Å²) >= 11 is 6.38. The van der Waals surface area contributed by atoms with Crippen LogP contribution in [-0.2, 0) is 17.5 Å². The molecule has 1 atom stereocenters. The van der Waals surface area contributed by atoms with Gasteiger partial charge in [0.1, 0.15) is 12.6 Å². The van der Waals surface area contributed by atoms with Gasteiger partial charge in [-0.2, -0.15) is 23.5 Å². The molecule has 1 aliphatic rings. The van der Waals surface area contributed by atoms with Gasteiger partial charge in [-0.05, 0) is 38.0 Å². The van der Waals surface area contributed by atoms with Gasteiger partial charge >= 0.3 is 6.18 Å². The molecule has 2 amide bonds. The van der Waals surface area contributed by atoms with E-state index in [-0.39, 0.29) is 57.8 Å². The number of alkyl halides is 3. The smallest absolute Gasteiger partial charge is 0.351 e. The van der Waals surface area contributed by atoms with E-state index in [1.165, 1.54) is 35.1 Å². The summed E-state index contributed by atoms with van der Waals surface area (Å²) in [5, 5.41) is 21.0. The van der Waals surface area contributed by atoms with Gasteiger partial charge in [-0.25, -0.2) is 9.97 Å². The minimum absolute atomic E-state index is 0.00186. The number of amides is 2. The lowest BCUT2D eigenvalue weighted by molar-refractivity contribution is -0.141. The number of hydrogen-bond donors (Lipinski definition) is 4. The fourth-order valence-electron chi connectivity index (χ4n) is 4.54. The molecule has 0 bridgehead atoms. The topological polar surface area (TPSA) is 168 Å². The third-order valence-corrected chi connectivity index (χ3v) is 7.02. The average molecular weight is 601 g/mol. The van der Waals surface area contributed by atoms with Crippen LogP contribution < -0.4 is 21.7 Å². The van der Waals surface area contributed by atoms with Crippen molar-refractivity contribution in [1.82, 2.24) is 34.8 Å². The zero-order valence-electron chi connectivity index (χ0n) is 22.0. The van der Waals surface area contributed by atoms with Crippen LogP contribution in [0.25, 0.3) is 16.9 Å². The van der Waals surface area contributed by atoms with Gasteiger partial charge in [-0.1, -0.05) is 11.6 Å². The summed E-state index contributed by atoms with van der Waals surface area (Å²) in [5.41, 5.74) is 5.20. The number of fused-ring (bicyclic) bond motifs is 1. The second kappa shape index (κ2) is 11.3. The predicted molar refractivity (Wildman–Crippen MR) is 146 cm³/mol. The van der Waals surface area contributed by atoms with Crippen molar-refractivity contribution in [1.29, 1.82) is 5.26 Å². The van der Waals surface area contributed by atoms with Gasteiger partial charge < -0.3 is 21.7 Å². The highest BCUT2D eigenvalue weighted by Gasteiger charge is 2.38. The van der Waals surface area contributed by atoms with Crippen molar-refractivity contribution in [3.63, 3.8) is 0 Å². The number of anilines is 2. The van der Waals surface area contributed by atoms with Crippen LogP contribution in [0.5, 0.6) is 0 Å². The molecule has 3 aromatic heterocycles. The molecule has 0 saturated heterocycles. The summed E-state index contributed by atoms with van der Waals surface area (Å²) in [7, 11) is 0. The third kappa shape index (κ3) is 5.85. The molecule has 16 heteroatoms. The maximum absolute atomic E-state index is 13.7. The highest BCUT2D eigenvalue weighted by Crippen LogP contribution is 2.37. The molecule has 42 heavy (non-hydrogen) atoms. The van der Waals surface area contributed by atoms with E-state index in [9.17, 15) is 22.8 Å². The molecule has 1 aromatic carbocycles. The molecule has 218 valence electrons. The van der Waals surface area contributed by atoms with Crippen molar-refractivity contribution in [2.24, 2.45) is 5.73 Å². The number of nitrogens with one attached hydrogen (secondary N) is 3. The van der Waals surface area contributed by atoms with Crippen molar-refractivity contribution in [3.8, 4) is 17.3 Å². The molecule has 0 aliphatic heterocycles.